The number of carbonyl (C=O) groups is 4. The van der Waals surface area contributed by atoms with Crippen LogP contribution in [0.5, 0.6) is 0 Å². The number of benzene rings is 2. The smallest absolute Gasteiger partial charge is 0.322 e. The molecule has 2 heterocycles. The SMILES string of the molecule is CC(=O)N(N1CCN(Cc2cc(C#Cc3ccc(NC(=O)c4ccc(C(F)(F)F)cc4)cc3)ccn2)CCN(N(C(C)=O)C(C)(C)C)CCN(N(C(C)=O)C(C)(C)C)CC1)C(C)(C)C. The molecule has 3 aromatic rings. The van der Waals surface area contributed by atoms with E-state index in [9.17, 15) is 32.3 Å². The number of amides is 4. The van der Waals surface area contributed by atoms with Gasteiger partial charge in [-0.2, -0.15) is 13.2 Å². The number of anilines is 1. The molecule has 4 amide bonds. The molecule has 1 saturated heterocycles. The lowest BCUT2D eigenvalue weighted by molar-refractivity contribution is -0.178. The van der Waals surface area contributed by atoms with Crippen LogP contribution in [0.1, 0.15) is 116 Å². The number of hydrogen-bond acceptors (Lipinski definition) is 9. The average Bonchev–Trinajstić information content (AvgIpc) is 3.16. The summed E-state index contributed by atoms with van der Waals surface area (Å²) in [6, 6.07) is 14.6. The first-order chi connectivity index (χ1) is 29.6. The van der Waals surface area contributed by atoms with Crippen molar-refractivity contribution in [1.82, 2.24) is 39.9 Å². The maximum Gasteiger partial charge on any atom is 0.416 e. The Kier molecular flexibility index (Phi) is 16.9. The summed E-state index contributed by atoms with van der Waals surface area (Å²) in [4.78, 5) is 59.6. The second-order valence-electron chi connectivity index (χ2n) is 19.0. The second-order valence-corrected chi connectivity index (χ2v) is 19.0. The Bertz CT molecular complexity index is 2100. The Balaban J connectivity index is 1.60. The Hall–Kier alpha value is -5.34. The van der Waals surface area contributed by atoms with Crippen LogP contribution in [-0.4, -0.2) is 133 Å². The molecule has 1 aliphatic heterocycles. The van der Waals surface area contributed by atoms with E-state index in [1.165, 1.54) is 0 Å². The molecule has 0 unspecified atom stereocenters. The molecule has 0 spiro atoms. The highest BCUT2D eigenvalue weighted by molar-refractivity contribution is 6.04. The van der Waals surface area contributed by atoms with Gasteiger partial charge >= 0.3 is 6.18 Å². The van der Waals surface area contributed by atoms with E-state index in [4.69, 9.17) is 4.98 Å². The van der Waals surface area contributed by atoms with Crippen LogP contribution in [-0.2, 0) is 27.1 Å². The van der Waals surface area contributed by atoms with E-state index in [1.54, 1.807) is 56.2 Å². The Morgan fingerprint density at radius 3 is 1.39 bits per heavy atom. The van der Waals surface area contributed by atoms with Crippen LogP contribution in [0.3, 0.4) is 0 Å². The van der Waals surface area contributed by atoms with Gasteiger partial charge in [0.1, 0.15) is 0 Å². The number of hydrazine groups is 3. The molecule has 1 N–H and O–H groups in total. The van der Waals surface area contributed by atoms with Gasteiger partial charge in [-0.25, -0.2) is 15.0 Å². The highest BCUT2D eigenvalue weighted by Gasteiger charge is 2.36. The van der Waals surface area contributed by atoms with Gasteiger partial charge in [0.2, 0.25) is 17.7 Å². The number of rotatable bonds is 7. The van der Waals surface area contributed by atoms with Gasteiger partial charge in [-0.1, -0.05) is 11.8 Å². The molecule has 0 atom stereocenters. The molecule has 0 radical (unpaired) electrons. The topological polar surface area (TPSA) is 116 Å². The second kappa shape index (κ2) is 21.1. The largest absolute Gasteiger partial charge is 0.416 e. The van der Waals surface area contributed by atoms with Gasteiger partial charge in [0, 0.05) is 108 Å². The first kappa shape index (κ1) is 51.3. The van der Waals surface area contributed by atoms with E-state index in [1.807, 2.05) is 84.5 Å². The van der Waals surface area contributed by atoms with E-state index >= 15 is 0 Å². The first-order valence-electron chi connectivity index (χ1n) is 21.6. The Morgan fingerprint density at radius 2 is 1.00 bits per heavy atom. The van der Waals surface area contributed by atoms with Gasteiger partial charge in [-0.05, 0) is 123 Å². The molecule has 1 aromatic heterocycles. The van der Waals surface area contributed by atoms with Crippen LogP contribution in [0.15, 0.2) is 66.9 Å². The van der Waals surface area contributed by atoms with Crippen molar-refractivity contribution in [2.75, 3.05) is 57.7 Å². The van der Waals surface area contributed by atoms with Crippen molar-refractivity contribution < 1.29 is 32.3 Å². The van der Waals surface area contributed by atoms with Crippen LogP contribution in [0, 0.1) is 11.8 Å². The van der Waals surface area contributed by atoms with E-state index in [2.05, 4.69) is 37.1 Å². The highest BCUT2D eigenvalue weighted by Crippen LogP contribution is 2.29. The minimum Gasteiger partial charge on any atom is -0.322 e. The van der Waals surface area contributed by atoms with E-state index in [0.717, 1.165) is 35.5 Å². The summed E-state index contributed by atoms with van der Waals surface area (Å²) in [7, 11) is 0. The summed E-state index contributed by atoms with van der Waals surface area (Å²) in [5.41, 5.74) is 0.376. The van der Waals surface area contributed by atoms with Gasteiger partial charge in [-0.3, -0.25) is 44.1 Å². The lowest BCUT2D eigenvalue weighted by atomic mass is 10.1. The minimum atomic E-state index is -4.49. The van der Waals surface area contributed by atoms with Crippen molar-refractivity contribution in [3.8, 4) is 11.8 Å². The molecule has 4 rings (SSSR count). The Morgan fingerprint density at radius 1 is 0.594 bits per heavy atom. The van der Waals surface area contributed by atoms with Crippen molar-refractivity contribution in [3.05, 3.63) is 94.8 Å². The molecule has 64 heavy (non-hydrogen) atoms. The van der Waals surface area contributed by atoms with Crippen LogP contribution >= 0.6 is 0 Å². The molecule has 348 valence electrons. The van der Waals surface area contributed by atoms with Crippen LogP contribution < -0.4 is 5.32 Å². The maximum atomic E-state index is 13.3. The van der Waals surface area contributed by atoms with Gasteiger partial charge in [0.25, 0.3) is 5.91 Å². The van der Waals surface area contributed by atoms with Crippen molar-refractivity contribution in [1.29, 1.82) is 0 Å². The molecular formula is C48H66F3N9O4. The predicted octanol–water partition coefficient (Wildman–Crippen LogP) is 7.16. The molecule has 2 aromatic carbocycles. The molecule has 1 fully saturated rings. The fraction of sp³-hybridized carbons (Fsp3) is 0.521. The number of nitrogens with zero attached hydrogens (tertiary/aromatic N) is 8. The normalized spacial score (nSPS) is 15.8. The zero-order chi connectivity index (χ0) is 47.8. The summed E-state index contributed by atoms with van der Waals surface area (Å²) in [6.07, 6.45) is -2.77. The number of nitrogens with one attached hydrogen (secondary N) is 1. The zero-order valence-corrected chi connectivity index (χ0v) is 39.6. The molecule has 1 aliphatic rings. The fourth-order valence-corrected chi connectivity index (χ4v) is 8.13. The molecule has 0 saturated carbocycles. The summed E-state index contributed by atoms with van der Waals surface area (Å²) in [5.74, 6) is 5.56. The van der Waals surface area contributed by atoms with E-state index in [-0.39, 0.29) is 23.3 Å². The fourth-order valence-electron chi connectivity index (χ4n) is 8.13. The summed E-state index contributed by atoms with van der Waals surface area (Å²) in [6.45, 7) is 27.1. The lowest BCUT2D eigenvalue weighted by Gasteiger charge is -2.49. The molecule has 16 heteroatoms. The van der Waals surface area contributed by atoms with E-state index in [0.29, 0.717) is 70.2 Å². The predicted molar refractivity (Wildman–Crippen MR) is 243 cm³/mol. The van der Waals surface area contributed by atoms with Gasteiger partial charge in [0.05, 0.1) is 27.9 Å². The number of pyridine rings is 1. The number of halogens is 3. The highest BCUT2D eigenvalue weighted by atomic mass is 19.4. The third-order valence-electron chi connectivity index (χ3n) is 10.4. The number of aromatic nitrogens is 1. The summed E-state index contributed by atoms with van der Waals surface area (Å²) < 4.78 is 38.9. The molecule has 13 nitrogen and oxygen atoms in total. The van der Waals surface area contributed by atoms with Crippen LogP contribution in [0.2, 0.25) is 0 Å². The molecule has 0 bridgehead atoms. The van der Waals surface area contributed by atoms with Crippen molar-refractivity contribution in [2.45, 2.75) is 112 Å². The van der Waals surface area contributed by atoms with Crippen LogP contribution in [0.25, 0.3) is 0 Å². The first-order valence-corrected chi connectivity index (χ1v) is 21.6. The third-order valence-corrected chi connectivity index (χ3v) is 10.4. The molecular weight excluding hydrogens is 824 g/mol. The average molecular weight is 890 g/mol. The number of carbonyl (C=O) groups excluding carboxylic acids is 4. The number of hydrogen-bond donors (Lipinski definition) is 1. The maximum absolute atomic E-state index is 13.3. The Labute approximate surface area is 377 Å². The van der Waals surface area contributed by atoms with Gasteiger partial charge in [0.15, 0.2) is 0 Å². The van der Waals surface area contributed by atoms with E-state index < -0.39 is 34.3 Å². The third kappa shape index (κ3) is 14.6. The monoisotopic (exact) mass is 890 g/mol. The lowest BCUT2D eigenvalue weighted by Crippen LogP contribution is -2.63. The zero-order valence-electron chi connectivity index (χ0n) is 39.6. The summed E-state index contributed by atoms with van der Waals surface area (Å²) >= 11 is 0. The quantitative estimate of drug-likeness (QED) is 0.247. The standard InChI is InChI=1S/C48H66F3N9O4/c1-35(61)58(45(4,5)6)55-27-25-54(26-28-56(59(36(2)62)46(7,8)9)30-32-57(31-29-55)60(37(3)63)47(10,11)12)34-43-33-39(23-24-52-43)14-13-38-15-21-42(22-16-38)53-44(64)40-17-19-41(20-18-40)48(49,50)51/h15-24,33H,25-32,34H2,1-12H3,(H,53,64). The van der Waals surface area contributed by atoms with Gasteiger partial charge < -0.3 is 5.32 Å². The number of alkyl halides is 3. The van der Waals surface area contributed by atoms with Crippen LogP contribution in [0.4, 0.5) is 18.9 Å². The van der Waals surface area contributed by atoms with Crippen molar-refractivity contribution in [2.24, 2.45) is 0 Å². The van der Waals surface area contributed by atoms with Crippen molar-refractivity contribution >= 4 is 29.3 Å². The van der Waals surface area contributed by atoms with Crippen molar-refractivity contribution in [3.63, 3.8) is 0 Å². The van der Waals surface area contributed by atoms with Gasteiger partial charge in [-0.15, -0.1) is 0 Å². The summed E-state index contributed by atoms with van der Waals surface area (Å²) in [5, 5.41) is 14.3. The molecule has 0 aliphatic carbocycles. The minimum absolute atomic E-state index is 0.0871.